The number of hydrogen-bond acceptors (Lipinski definition) is 1. The van der Waals surface area contributed by atoms with Crippen molar-refractivity contribution in [3.8, 4) is 0 Å². The van der Waals surface area contributed by atoms with Crippen LogP contribution in [0.3, 0.4) is 0 Å². The standard InChI is InChI=1S/C17H18F3N/c1-12-6-5-7-13(10-12)11-16(21-2)14-8-3-4-9-15(14)17(18,19)20/h3-10,16,21H,11H2,1-2H3. The molecule has 0 amide bonds. The van der Waals surface area contributed by atoms with Crippen molar-refractivity contribution in [3.05, 3.63) is 70.8 Å². The molecule has 0 saturated heterocycles. The van der Waals surface area contributed by atoms with Gasteiger partial charge in [-0.25, -0.2) is 0 Å². The summed E-state index contributed by atoms with van der Waals surface area (Å²) < 4.78 is 39.4. The summed E-state index contributed by atoms with van der Waals surface area (Å²) >= 11 is 0. The molecular weight excluding hydrogens is 275 g/mol. The van der Waals surface area contributed by atoms with Crippen molar-refractivity contribution in [1.29, 1.82) is 0 Å². The minimum absolute atomic E-state index is 0.286. The largest absolute Gasteiger partial charge is 0.416 e. The second-order valence-corrected chi connectivity index (χ2v) is 5.12. The lowest BCUT2D eigenvalue weighted by atomic mass is 9.94. The predicted octanol–water partition coefficient (Wildman–Crippen LogP) is 4.52. The van der Waals surface area contributed by atoms with E-state index in [1.807, 2.05) is 31.2 Å². The second-order valence-electron chi connectivity index (χ2n) is 5.12. The molecule has 0 radical (unpaired) electrons. The summed E-state index contributed by atoms with van der Waals surface area (Å²) in [6.07, 6.45) is -3.82. The van der Waals surface area contributed by atoms with Gasteiger partial charge in [-0.15, -0.1) is 0 Å². The number of rotatable bonds is 4. The van der Waals surface area contributed by atoms with Gasteiger partial charge in [0.2, 0.25) is 0 Å². The average Bonchev–Trinajstić information content (AvgIpc) is 2.44. The number of alkyl halides is 3. The van der Waals surface area contributed by atoms with E-state index in [9.17, 15) is 13.2 Å². The number of benzene rings is 2. The van der Waals surface area contributed by atoms with E-state index in [1.54, 1.807) is 19.2 Å². The van der Waals surface area contributed by atoms with E-state index in [2.05, 4.69) is 5.32 Å². The maximum absolute atomic E-state index is 13.1. The van der Waals surface area contributed by atoms with Gasteiger partial charge in [0.05, 0.1) is 5.56 Å². The maximum atomic E-state index is 13.1. The molecule has 0 aliphatic carbocycles. The summed E-state index contributed by atoms with van der Waals surface area (Å²) in [5.74, 6) is 0. The fraction of sp³-hybridized carbons (Fsp3) is 0.294. The second kappa shape index (κ2) is 6.31. The molecule has 21 heavy (non-hydrogen) atoms. The van der Waals surface area contributed by atoms with Crippen LogP contribution in [0.15, 0.2) is 48.5 Å². The molecule has 0 heterocycles. The number of hydrogen-bond donors (Lipinski definition) is 1. The highest BCUT2D eigenvalue weighted by molar-refractivity contribution is 5.34. The first-order valence-electron chi connectivity index (χ1n) is 6.80. The monoisotopic (exact) mass is 293 g/mol. The molecule has 1 unspecified atom stereocenters. The quantitative estimate of drug-likeness (QED) is 0.874. The van der Waals surface area contributed by atoms with Gasteiger partial charge >= 0.3 is 6.18 Å². The number of halogens is 3. The molecule has 2 aromatic rings. The first kappa shape index (κ1) is 15.6. The minimum atomic E-state index is -4.34. The molecule has 1 nitrogen and oxygen atoms in total. The van der Waals surface area contributed by atoms with E-state index in [0.29, 0.717) is 6.42 Å². The van der Waals surface area contributed by atoms with E-state index in [4.69, 9.17) is 0 Å². The molecule has 4 heteroatoms. The molecule has 2 aromatic carbocycles. The summed E-state index contributed by atoms with van der Waals surface area (Å²) in [5.41, 5.74) is 1.84. The smallest absolute Gasteiger partial charge is 0.313 e. The Morgan fingerprint density at radius 3 is 2.38 bits per heavy atom. The molecule has 0 spiro atoms. The van der Waals surface area contributed by atoms with Gasteiger partial charge in [0, 0.05) is 6.04 Å². The zero-order valence-electron chi connectivity index (χ0n) is 12.0. The maximum Gasteiger partial charge on any atom is 0.416 e. The first-order valence-corrected chi connectivity index (χ1v) is 6.80. The van der Waals surface area contributed by atoms with Crippen molar-refractivity contribution in [3.63, 3.8) is 0 Å². The number of nitrogens with one attached hydrogen (secondary N) is 1. The van der Waals surface area contributed by atoms with Gasteiger partial charge < -0.3 is 5.32 Å². The van der Waals surface area contributed by atoms with Crippen LogP contribution in [0.4, 0.5) is 13.2 Å². The Bertz CT molecular complexity index is 605. The summed E-state index contributed by atoms with van der Waals surface area (Å²) in [6.45, 7) is 1.97. The number of aryl methyl sites for hydroxylation is 1. The third-order valence-corrected chi connectivity index (χ3v) is 3.51. The van der Waals surface area contributed by atoms with Crippen LogP contribution in [0.25, 0.3) is 0 Å². The normalized spacial score (nSPS) is 13.2. The highest BCUT2D eigenvalue weighted by atomic mass is 19.4. The summed E-state index contributed by atoms with van der Waals surface area (Å²) in [7, 11) is 1.69. The molecule has 2 rings (SSSR count). The Kier molecular flexibility index (Phi) is 4.68. The lowest BCUT2D eigenvalue weighted by molar-refractivity contribution is -0.138. The van der Waals surface area contributed by atoms with Crippen molar-refractivity contribution < 1.29 is 13.2 Å². The molecule has 1 N–H and O–H groups in total. The first-order chi connectivity index (χ1) is 9.91. The summed E-state index contributed by atoms with van der Waals surface area (Å²) in [6, 6.07) is 13.2. The van der Waals surface area contributed by atoms with Crippen molar-refractivity contribution in [2.24, 2.45) is 0 Å². The van der Waals surface area contributed by atoms with Gasteiger partial charge in [-0.1, -0.05) is 48.0 Å². The molecule has 0 saturated carbocycles. The van der Waals surface area contributed by atoms with Gasteiger partial charge in [-0.2, -0.15) is 13.2 Å². The van der Waals surface area contributed by atoms with Crippen LogP contribution in [-0.4, -0.2) is 7.05 Å². The van der Waals surface area contributed by atoms with Gasteiger partial charge in [0.1, 0.15) is 0 Å². The molecule has 0 bridgehead atoms. The number of likely N-dealkylation sites (N-methyl/N-ethyl adjacent to an activating group) is 1. The lowest BCUT2D eigenvalue weighted by Crippen LogP contribution is -2.22. The van der Waals surface area contributed by atoms with Gasteiger partial charge in [0.15, 0.2) is 0 Å². The highest BCUT2D eigenvalue weighted by Gasteiger charge is 2.34. The Balaban J connectivity index is 2.34. The molecule has 112 valence electrons. The van der Waals surface area contributed by atoms with Crippen LogP contribution in [0.2, 0.25) is 0 Å². The van der Waals surface area contributed by atoms with Crippen molar-refractivity contribution >= 4 is 0 Å². The third-order valence-electron chi connectivity index (χ3n) is 3.51. The van der Waals surface area contributed by atoms with Crippen LogP contribution in [-0.2, 0) is 12.6 Å². The highest BCUT2D eigenvalue weighted by Crippen LogP contribution is 2.35. The summed E-state index contributed by atoms with van der Waals surface area (Å²) in [5, 5.41) is 3.00. The van der Waals surface area contributed by atoms with E-state index >= 15 is 0 Å². The van der Waals surface area contributed by atoms with E-state index in [-0.39, 0.29) is 11.6 Å². The van der Waals surface area contributed by atoms with Gasteiger partial charge in [0.25, 0.3) is 0 Å². The fourth-order valence-electron chi connectivity index (χ4n) is 2.50. The SMILES string of the molecule is CNC(Cc1cccc(C)c1)c1ccccc1C(F)(F)F. The topological polar surface area (TPSA) is 12.0 Å². The van der Waals surface area contributed by atoms with Gasteiger partial charge in [-0.3, -0.25) is 0 Å². The Labute approximate surface area is 122 Å². The lowest BCUT2D eigenvalue weighted by Gasteiger charge is -2.21. The fourth-order valence-corrected chi connectivity index (χ4v) is 2.50. The molecule has 0 aliphatic rings. The molecule has 0 aromatic heterocycles. The third kappa shape index (κ3) is 3.85. The Hall–Kier alpha value is -1.81. The van der Waals surface area contributed by atoms with Crippen LogP contribution in [0.1, 0.15) is 28.3 Å². The molecular formula is C17H18F3N. The summed E-state index contributed by atoms with van der Waals surface area (Å²) in [4.78, 5) is 0. The van der Waals surface area contributed by atoms with E-state index in [0.717, 1.165) is 17.2 Å². The average molecular weight is 293 g/mol. The van der Waals surface area contributed by atoms with Crippen LogP contribution >= 0.6 is 0 Å². The minimum Gasteiger partial charge on any atom is -0.313 e. The van der Waals surface area contributed by atoms with Crippen molar-refractivity contribution in [2.45, 2.75) is 25.6 Å². The van der Waals surface area contributed by atoms with Gasteiger partial charge in [-0.05, 0) is 37.6 Å². The van der Waals surface area contributed by atoms with Crippen LogP contribution < -0.4 is 5.32 Å². The Morgan fingerprint density at radius 2 is 1.76 bits per heavy atom. The zero-order chi connectivity index (χ0) is 15.5. The van der Waals surface area contributed by atoms with Crippen molar-refractivity contribution in [2.75, 3.05) is 7.05 Å². The predicted molar refractivity (Wildman–Crippen MR) is 78.1 cm³/mol. The van der Waals surface area contributed by atoms with Crippen LogP contribution in [0, 0.1) is 6.92 Å². The molecule has 0 fully saturated rings. The Morgan fingerprint density at radius 1 is 1.05 bits per heavy atom. The van der Waals surface area contributed by atoms with E-state index < -0.39 is 11.7 Å². The van der Waals surface area contributed by atoms with Crippen molar-refractivity contribution in [1.82, 2.24) is 5.32 Å². The molecule has 0 aliphatic heterocycles. The molecule has 1 atom stereocenters. The zero-order valence-corrected chi connectivity index (χ0v) is 12.0. The van der Waals surface area contributed by atoms with E-state index in [1.165, 1.54) is 6.07 Å². The van der Waals surface area contributed by atoms with Crippen LogP contribution in [0.5, 0.6) is 0 Å².